The molecule has 2 heterocycles. The van der Waals surface area contributed by atoms with E-state index >= 15 is 0 Å². The van der Waals surface area contributed by atoms with Gasteiger partial charge in [0.15, 0.2) is 5.82 Å². The first-order chi connectivity index (χ1) is 13.5. The Balaban J connectivity index is 1.36. The first kappa shape index (κ1) is 17.8. The van der Waals surface area contributed by atoms with Gasteiger partial charge in [-0.1, -0.05) is 18.5 Å². The van der Waals surface area contributed by atoms with Crippen molar-refractivity contribution in [2.75, 3.05) is 0 Å². The van der Waals surface area contributed by atoms with Crippen LogP contribution in [0.5, 0.6) is 0 Å². The maximum atomic E-state index is 13.1. The van der Waals surface area contributed by atoms with Crippen LogP contribution in [0.2, 0.25) is 0 Å². The number of hydrogen-bond donors (Lipinski definition) is 0. The molecule has 0 atom stereocenters. The molecule has 0 unspecified atom stereocenters. The van der Waals surface area contributed by atoms with Gasteiger partial charge in [-0.2, -0.15) is 4.98 Å². The number of hydrogen-bond acceptors (Lipinski definition) is 6. The van der Waals surface area contributed by atoms with Crippen molar-refractivity contribution in [3.63, 3.8) is 0 Å². The van der Waals surface area contributed by atoms with Gasteiger partial charge in [0, 0.05) is 6.42 Å². The van der Waals surface area contributed by atoms with E-state index in [2.05, 4.69) is 17.1 Å². The lowest BCUT2D eigenvalue weighted by Gasteiger charge is -2.58. The lowest BCUT2D eigenvalue weighted by Crippen LogP contribution is -2.61. The largest absolute Gasteiger partial charge is 0.339 e. The molecule has 1 saturated heterocycles. The summed E-state index contributed by atoms with van der Waals surface area (Å²) in [6.45, 7) is 1.96. The third-order valence-electron chi connectivity index (χ3n) is 7.09. The standard InChI is InChI=1S/C20H26N4O4/c1-2-3-4-16-21-15(22-28-16)11-23-17(25)18(26)24(19(23)27)20-8-12-5-13(9-20)7-14(6-12)10-20/h12-14H,2-11H2,1H3. The van der Waals surface area contributed by atoms with E-state index < -0.39 is 23.4 Å². The van der Waals surface area contributed by atoms with Crippen molar-refractivity contribution in [1.82, 2.24) is 19.9 Å². The highest BCUT2D eigenvalue weighted by atomic mass is 16.5. The molecule has 4 saturated carbocycles. The van der Waals surface area contributed by atoms with Crippen LogP contribution in [0.15, 0.2) is 4.52 Å². The fraction of sp³-hybridized carbons (Fsp3) is 0.750. The highest BCUT2D eigenvalue weighted by Crippen LogP contribution is 2.58. The molecule has 4 bridgehead atoms. The Bertz CT molecular complexity index is 797. The summed E-state index contributed by atoms with van der Waals surface area (Å²) in [7, 11) is 0. The van der Waals surface area contributed by atoms with E-state index in [0.717, 1.165) is 37.0 Å². The second kappa shape index (κ2) is 6.39. The lowest BCUT2D eigenvalue weighted by molar-refractivity contribution is -0.150. The number of imide groups is 2. The second-order valence-corrected chi connectivity index (χ2v) is 9.16. The van der Waals surface area contributed by atoms with E-state index in [-0.39, 0.29) is 12.4 Å². The van der Waals surface area contributed by atoms with Gasteiger partial charge in [0.25, 0.3) is 0 Å². The molecule has 150 valence electrons. The summed E-state index contributed by atoms with van der Waals surface area (Å²) >= 11 is 0. The molecule has 0 aromatic carbocycles. The number of unbranched alkanes of at least 4 members (excludes halogenated alkanes) is 1. The van der Waals surface area contributed by atoms with Gasteiger partial charge in [-0.25, -0.2) is 14.6 Å². The molecule has 4 aliphatic carbocycles. The molecule has 1 aromatic heterocycles. The van der Waals surface area contributed by atoms with Gasteiger partial charge in [-0.05, 0) is 62.7 Å². The Kier molecular flexibility index (Phi) is 4.07. The predicted octanol–water partition coefficient (Wildman–Crippen LogP) is 2.67. The number of urea groups is 1. The first-order valence-electron chi connectivity index (χ1n) is 10.5. The molecule has 1 aromatic rings. The zero-order valence-corrected chi connectivity index (χ0v) is 16.2. The summed E-state index contributed by atoms with van der Waals surface area (Å²) in [5, 5.41) is 3.88. The molecule has 8 heteroatoms. The summed E-state index contributed by atoms with van der Waals surface area (Å²) in [5.41, 5.74) is -0.461. The molecule has 8 nitrogen and oxygen atoms in total. The molecule has 4 amide bonds. The van der Waals surface area contributed by atoms with Crippen LogP contribution in [0.3, 0.4) is 0 Å². The van der Waals surface area contributed by atoms with E-state index in [1.54, 1.807) is 0 Å². The van der Waals surface area contributed by atoms with Crippen LogP contribution >= 0.6 is 0 Å². The summed E-state index contributed by atoms with van der Waals surface area (Å²) in [6, 6.07) is -0.503. The van der Waals surface area contributed by atoms with Crippen LogP contribution in [0.1, 0.15) is 70.0 Å². The number of nitrogens with zero attached hydrogens (tertiary/aromatic N) is 4. The monoisotopic (exact) mass is 386 g/mol. The molecule has 6 rings (SSSR count). The van der Waals surface area contributed by atoms with Crippen LogP contribution in [-0.4, -0.2) is 43.3 Å². The van der Waals surface area contributed by atoms with Crippen molar-refractivity contribution < 1.29 is 18.9 Å². The minimum Gasteiger partial charge on any atom is -0.339 e. The third kappa shape index (κ3) is 2.68. The topological polar surface area (TPSA) is 96.6 Å². The zero-order valence-electron chi connectivity index (χ0n) is 16.2. The Hall–Kier alpha value is -2.25. The van der Waals surface area contributed by atoms with Crippen LogP contribution in [0.25, 0.3) is 0 Å². The molecule has 0 radical (unpaired) electrons. The van der Waals surface area contributed by atoms with Gasteiger partial charge in [0.2, 0.25) is 5.89 Å². The van der Waals surface area contributed by atoms with Gasteiger partial charge in [-0.3, -0.25) is 9.59 Å². The smallest absolute Gasteiger partial charge is 0.335 e. The number of carbonyl (C=O) groups is 3. The Morgan fingerprint density at radius 1 is 1.04 bits per heavy atom. The average molecular weight is 386 g/mol. The number of aromatic nitrogens is 2. The van der Waals surface area contributed by atoms with Crippen LogP contribution in [0.4, 0.5) is 4.79 Å². The molecule has 28 heavy (non-hydrogen) atoms. The maximum Gasteiger partial charge on any atom is 0.335 e. The van der Waals surface area contributed by atoms with Gasteiger partial charge in [0.05, 0.1) is 12.1 Å². The molecular weight excluding hydrogens is 360 g/mol. The quantitative estimate of drug-likeness (QED) is 0.551. The van der Waals surface area contributed by atoms with Crippen molar-refractivity contribution in [1.29, 1.82) is 0 Å². The minimum absolute atomic E-state index is 0.109. The molecule has 1 aliphatic heterocycles. The highest BCUT2D eigenvalue weighted by molar-refractivity contribution is 6.44. The first-order valence-corrected chi connectivity index (χ1v) is 10.5. The second-order valence-electron chi connectivity index (χ2n) is 9.16. The summed E-state index contributed by atoms with van der Waals surface area (Å²) in [4.78, 5) is 45.2. The normalized spacial score (nSPS) is 34.2. The van der Waals surface area contributed by atoms with E-state index in [0.29, 0.717) is 30.1 Å². The van der Waals surface area contributed by atoms with Gasteiger partial charge >= 0.3 is 17.8 Å². The number of aryl methyl sites for hydroxylation is 1. The molecule has 5 fully saturated rings. The Morgan fingerprint density at radius 2 is 1.68 bits per heavy atom. The number of rotatable bonds is 6. The fourth-order valence-electron chi connectivity index (χ4n) is 6.33. The van der Waals surface area contributed by atoms with Gasteiger partial charge in [0.1, 0.15) is 0 Å². The van der Waals surface area contributed by atoms with E-state index in [9.17, 15) is 14.4 Å². The minimum atomic E-state index is -0.763. The highest BCUT2D eigenvalue weighted by Gasteiger charge is 2.61. The molecule has 5 aliphatic rings. The van der Waals surface area contributed by atoms with Gasteiger partial charge in [-0.15, -0.1) is 0 Å². The van der Waals surface area contributed by atoms with Crippen molar-refractivity contribution in [3.8, 4) is 0 Å². The van der Waals surface area contributed by atoms with Crippen LogP contribution in [-0.2, 0) is 22.6 Å². The lowest BCUT2D eigenvalue weighted by atomic mass is 9.52. The molecule has 0 spiro atoms. The SMILES string of the molecule is CCCCc1nc(CN2C(=O)C(=O)N(C34CC5CC(CC(C5)C3)C4)C2=O)no1. The van der Waals surface area contributed by atoms with Crippen molar-refractivity contribution in [3.05, 3.63) is 11.7 Å². The number of amides is 4. The van der Waals surface area contributed by atoms with E-state index in [1.165, 1.54) is 24.2 Å². The third-order valence-corrected chi connectivity index (χ3v) is 7.09. The summed E-state index contributed by atoms with van der Waals surface area (Å²) < 4.78 is 5.19. The van der Waals surface area contributed by atoms with E-state index in [1.807, 2.05) is 0 Å². The van der Waals surface area contributed by atoms with Gasteiger partial charge < -0.3 is 4.52 Å². The van der Waals surface area contributed by atoms with Crippen molar-refractivity contribution in [2.45, 2.75) is 76.8 Å². The fourth-order valence-corrected chi connectivity index (χ4v) is 6.33. The maximum absolute atomic E-state index is 13.1. The van der Waals surface area contributed by atoms with Crippen LogP contribution < -0.4 is 0 Å². The summed E-state index contributed by atoms with van der Waals surface area (Å²) in [6.07, 6.45) is 8.77. The Labute approximate surface area is 163 Å². The number of carbonyl (C=O) groups excluding carboxylic acids is 3. The zero-order chi connectivity index (χ0) is 19.5. The predicted molar refractivity (Wildman–Crippen MR) is 96.6 cm³/mol. The average Bonchev–Trinajstić information content (AvgIpc) is 3.17. The van der Waals surface area contributed by atoms with Crippen LogP contribution in [0, 0.1) is 17.8 Å². The molecular formula is C20H26N4O4. The summed E-state index contributed by atoms with van der Waals surface area (Å²) in [5.74, 6) is 1.06. The molecule has 0 N–H and O–H groups in total. The van der Waals surface area contributed by atoms with Crippen molar-refractivity contribution >= 4 is 17.8 Å². The Morgan fingerprint density at radius 3 is 2.29 bits per heavy atom. The van der Waals surface area contributed by atoms with E-state index in [4.69, 9.17) is 4.52 Å². The van der Waals surface area contributed by atoms with Crippen molar-refractivity contribution in [2.24, 2.45) is 17.8 Å².